The number of hydrogen-bond acceptors (Lipinski definition) is 13. The number of carbonyl (C=O) groups excluding carboxylic acids is 3. The number of para-hydroxylation sites is 3. The minimum Gasteiger partial charge on any atom is -0.726 e. The van der Waals surface area contributed by atoms with Gasteiger partial charge in [0.2, 0.25) is 10.4 Å². The van der Waals surface area contributed by atoms with Gasteiger partial charge >= 0.3 is 18.5 Å². The zero-order chi connectivity index (χ0) is 32.3. The summed E-state index contributed by atoms with van der Waals surface area (Å²) in [7, 11) is -1.75. The highest BCUT2D eigenvalue weighted by atomic mass is 32.3. The summed E-state index contributed by atoms with van der Waals surface area (Å²) in [6.07, 6.45) is -2.52. The molecule has 0 unspecified atom stereocenters. The third-order valence-corrected chi connectivity index (χ3v) is 6.00. The maximum Gasteiger partial charge on any atom is 0.514 e. The quantitative estimate of drug-likeness (QED) is 0.0654. The zero-order valence-electron chi connectivity index (χ0n) is 24.1. The van der Waals surface area contributed by atoms with Gasteiger partial charge in [0.05, 0.1) is 14.2 Å². The zero-order valence-corrected chi connectivity index (χ0v) is 24.9. The fraction of sp³-hybridized carbons (Fsp3) is 0.276. The maximum absolute atomic E-state index is 12.0. The molecule has 0 aliphatic carbocycles. The first-order valence-electron chi connectivity index (χ1n) is 13.0. The van der Waals surface area contributed by atoms with Crippen LogP contribution in [0.3, 0.4) is 0 Å². The number of rotatable bonds is 13. The molecule has 0 saturated heterocycles. The first-order valence-corrected chi connectivity index (χ1v) is 14.4. The van der Waals surface area contributed by atoms with Crippen LogP contribution < -0.4 is 14.2 Å². The van der Waals surface area contributed by atoms with Crippen LogP contribution in [-0.4, -0.2) is 89.5 Å². The van der Waals surface area contributed by atoms with Gasteiger partial charge in [0.25, 0.3) is 0 Å². The standard InChI is InChI=1S/C28H30NO9.CH4O4S/c1-29(17-20-33-26(30)36-23-11-5-2-6-12-23,18-21-34-27(31)37-24-13-7-3-8-14-24)19-22-35-28(32)38-25-15-9-4-10-16-25;1-5-6(2,3)4/h2-16H,17-22H2,1H3;1H3,(H,2,3,4)/q+1;/p-1. The molecule has 3 rings (SSSR count). The van der Waals surface area contributed by atoms with Crippen molar-refractivity contribution in [3.8, 4) is 17.2 Å². The monoisotopic (exact) mass is 635 g/mol. The molecule has 0 bridgehead atoms. The predicted molar refractivity (Wildman–Crippen MR) is 153 cm³/mol. The number of ether oxygens (including phenoxy) is 6. The smallest absolute Gasteiger partial charge is 0.514 e. The molecule has 0 aromatic heterocycles. The molecule has 0 atom stereocenters. The fourth-order valence-electron chi connectivity index (χ4n) is 3.23. The lowest BCUT2D eigenvalue weighted by atomic mass is 10.3. The van der Waals surface area contributed by atoms with Crippen molar-refractivity contribution in [1.82, 2.24) is 0 Å². The molecule has 0 radical (unpaired) electrons. The van der Waals surface area contributed by atoms with E-state index in [-0.39, 0.29) is 24.3 Å². The molecule has 0 amide bonds. The Hall–Kier alpha value is -4.70. The van der Waals surface area contributed by atoms with E-state index in [1.54, 1.807) is 91.0 Å². The van der Waals surface area contributed by atoms with Crippen molar-refractivity contribution < 1.29 is 64.4 Å². The summed E-state index contributed by atoms with van der Waals surface area (Å²) in [5.41, 5.74) is 0. The molecule has 0 N–H and O–H groups in total. The summed E-state index contributed by atoms with van der Waals surface area (Å²) in [6.45, 7) is 1.05. The van der Waals surface area contributed by atoms with Crippen LogP contribution in [0, 0.1) is 0 Å². The highest BCUT2D eigenvalue weighted by molar-refractivity contribution is 7.80. The Morgan fingerprint density at radius 2 is 0.841 bits per heavy atom. The van der Waals surface area contributed by atoms with Gasteiger partial charge in [0.15, 0.2) is 0 Å². The Balaban J connectivity index is 0.00000102. The molecule has 0 fully saturated rings. The van der Waals surface area contributed by atoms with Crippen LogP contribution in [-0.2, 0) is 28.8 Å². The molecule has 0 aliphatic heterocycles. The largest absolute Gasteiger partial charge is 0.726 e. The lowest BCUT2D eigenvalue weighted by Crippen LogP contribution is -2.51. The number of nitrogens with zero attached hydrogens (tertiary/aromatic N) is 1. The summed E-state index contributed by atoms with van der Waals surface area (Å²) in [5.74, 6) is 1.10. The first kappa shape index (κ1) is 35.5. The molecular formula is C29H33NO13S. The Kier molecular flexibility index (Phi) is 15.1. The van der Waals surface area contributed by atoms with Crippen molar-refractivity contribution >= 4 is 28.9 Å². The van der Waals surface area contributed by atoms with Crippen LogP contribution in [0.15, 0.2) is 91.0 Å². The second-order valence-corrected chi connectivity index (χ2v) is 10.1. The van der Waals surface area contributed by atoms with Gasteiger partial charge in [-0.1, -0.05) is 54.6 Å². The molecule has 3 aromatic carbocycles. The molecule has 238 valence electrons. The second kappa shape index (κ2) is 18.8. The number of carbonyl (C=O) groups is 3. The van der Waals surface area contributed by atoms with E-state index in [2.05, 4.69) is 4.18 Å². The molecule has 0 aliphatic rings. The number of quaternary nitrogens is 1. The summed E-state index contributed by atoms with van der Waals surface area (Å²) in [4.78, 5) is 36.1. The topological polar surface area (TPSA) is 173 Å². The van der Waals surface area contributed by atoms with Crippen molar-refractivity contribution in [3.05, 3.63) is 91.0 Å². The van der Waals surface area contributed by atoms with Crippen molar-refractivity contribution in [2.24, 2.45) is 0 Å². The minimum absolute atomic E-state index is 0.0189. The molecule has 3 aromatic rings. The maximum atomic E-state index is 12.0. The van der Waals surface area contributed by atoms with Crippen LogP contribution in [0.1, 0.15) is 0 Å². The van der Waals surface area contributed by atoms with Crippen LogP contribution >= 0.6 is 0 Å². The molecule has 0 spiro atoms. The van der Waals surface area contributed by atoms with E-state index in [1.165, 1.54) is 0 Å². The normalized spacial score (nSPS) is 10.8. The average molecular weight is 636 g/mol. The van der Waals surface area contributed by atoms with Gasteiger partial charge in [-0.2, -0.15) is 0 Å². The Morgan fingerprint density at radius 1 is 0.591 bits per heavy atom. The van der Waals surface area contributed by atoms with Gasteiger partial charge in [0, 0.05) is 0 Å². The highest BCUT2D eigenvalue weighted by Gasteiger charge is 2.24. The first-order chi connectivity index (χ1) is 21.0. The lowest BCUT2D eigenvalue weighted by molar-refractivity contribution is -0.910. The predicted octanol–water partition coefficient (Wildman–Crippen LogP) is 4.17. The minimum atomic E-state index is -4.41. The molecule has 44 heavy (non-hydrogen) atoms. The van der Waals surface area contributed by atoms with E-state index in [9.17, 15) is 27.4 Å². The van der Waals surface area contributed by atoms with Gasteiger partial charge in [-0.05, 0) is 36.4 Å². The number of benzene rings is 3. The van der Waals surface area contributed by atoms with Crippen molar-refractivity contribution in [2.75, 3.05) is 53.6 Å². The fourth-order valence-corrected chi connectivity index (χ4v) is 3.23. The molecular weight excluding hydrogens is 602 g/mol. The Bertz CT molecular complexity index is 1240. The lowest BCUT2D eigenvalue weighted by Gasteiger charge is -2.33. The van der Waals surface area contributed by atoms with E-state index in [1.807, 2.05) is 7.05 Å². The van der Waals surface area contributed by atoms with Gasteiger partial charge in [-0.3, -0.25) is 4.18 Å². The average Bonchev–Trinajstić information content (AvgIpc) is 2.98. The summed E-state index contributed by atoms with van der Waals surface area (Å²) in [6, 6.07) is 25.7. The van der Waals surface area contributed by atoms with E-state index in [0.29, 0.717) is 36.9 Å². The summed E-state index contributed by atoms with van der Waals surface area (Å²) < 4.78 is 62.3. The summed E-state index contributed by atoms with van der Waals surface area (Å²) in [5, 5.41) is 0. The van der Waals surface area contributed by atoms with E-state index in [0.717, 1.165) is 7.11 Å². The number of likely N-dealkylation sites (N-methyl/N-ethyl adjacent to an activating group) is 1. The van der Waals surface area contributed by atoms with E-state index in [4.69, 9.17) is 28.4 Å². The van der Waals surface area contributed by atoms with Crippen molar-refractivity contribution in [3.63, 3.8) is 0 Å². The van der Waals surface area contributed by atoms with E-state index >= 15 is 0 Å². The van der Waals surface area contributed by atoms with E-state index < -0.39 is 28.9 Å². The third-order valence-electron chi connectivity index (χ3n) is 5.59. The summed E-state index contributed by atoms with van der Waals surface area (Å²) >= 11 is 0. The molecule has 14 nitrogen and oxygen atoms in total. The Labute approximate surface area is 255 Å². The van der Waals surface area contributed by atoms with Crippen LogP contribution in [0.4, 0.5) is 14.4 Å². The van der Waals surface area contributed by atoms with Gasteiger partial charge < -0.3 is 37.5 Å². The SMILES string of the molecule is COS(=O)(=O)[O-].C[N+](CCOC(=O)Oc1ccccc1)(CCOC(=O)Oc1ccccc1)CCOC(=O)Oc1ccccc1. The van der Waals surface area contributed by atoms with Crippen molar-refractivity contribution in [2.45, 2.75) is 0 Å². The molecule has 0 saturated carbocycles. The Morgan fingerprint density at radius 3 is 1.07 bits per heavy atom. The molecule has 0 heterocycles. The van der Waals surface area contributed by atoms with Crippen LogP contribution in [0.5, 0.6) is 17.2 Å². The number of hydrogen-bond donors (Lipinski definition) is 0. The van der Waals surface area contributed by atoms with Crippen molar-refractivity contribution in [1.29, 1.82) is 0 Å². The second-order valence-electron chi connectivity index (χ2n) is 8.91. The van der Waals surface area contributed by atoms with Crippen LogP contribution in [0.2, 0.25) is 0 Å². The van der Waals surface area contributed by atoms with Gasteiger partial charge in [-0.15, -0.1) is 0 Å². The third kappa shape index (κ3) is 16.1. The highest BCUT2D eigenvalue weighted by Crippen LogP contribution is 2.12. The van der Waals surface area contributed by atoms with Gasteiger partial charge in [0.1, 0.15) is 56.7 Å². The van der Waals surface area contributed by atoms with Gasteiger partial charge in [-0.25, -0.2) is 22.8 Å². The van der Waals surface area contributed by atoms with Crippen LogP contribution in [0.25, 0.3) is 0 Å². The molecule has 15 heteroatoms.